The summed E-state index contributed by atoms with van der Waals surface area (Å²) in [5.41, 5.74) is 0. The van der Waals surface area contributed by atoms with Crippen LogP contribution in [0.1, 0.15) is 71.6 Å². The van der Waals surface area contributed by atoms with Crippen molar-refractivity contribution < 1.29 is 24.2 Å². The Hall–Kier alpha value is -1.10. The first-order chi connectivity index (χ1) is 10.1. The number of unbranched alkanes of at least 4 members (excludes halogenated alkanes) is 7. The Balaban J connectivity index is 3.38. The molecule has 0 saturated heterocycles. The van der Waals surface area contributed by atoms with Crippen molar-refractivity contribution in [2.24, 2.45) is 0 Å². The summed E-state index contributed by atoms with van der Waals surface area (Å²) in [7, 11) is 0. The first kappa shape index (κ1) is 19.9. The molecule has 1 atom stereocenters. The Morgan fingerprint density at radius 1 is 0.952 bits per heavy atom. The van der Waals surface area contributed by atoms with Gasteiger partial charge in [-0.3, -0.25) is 0 Å². The highest BCUT2D eigenvalue weighted by molar-refractivity contribution is 5.72. The van der Waals surface area contributed by atoms with E-state index >= 15 is 0 Å². The predicted molar refractivity (Wildman–Crippen MR) is 81.2 cm³/mol. The van der Waals surface area contributed by atoms with Gasteiger partial charge in [-0.1, -0.05) is 51.9 Å². The lowest BCUT2D eigenvalue weighted by molar-refractivity contribution is -0.156. The van der Waals surface area contributed by atoms with Gasteiger partial charge in [0.15, 0.2) is 0 Å². The molecule has 0 fully saturated rings. The molecule has 0 spiro atoms. The zero-order chi connectivity index (χ0) is 15.9. The van der Waals surface area contributed by atoms with Crippen molar-refractivity contribution in [3.8, 4) is 0 Å². The summed E-state index contributed by atoms with van der Waals surface area (Å²) in [5.74, 6) is -1.59. The summed E-state index contributed by atoms with van der Waals surface area (Å²) in [6.07, 6.45) is 10.7. The number of carboxylic acids is 1. The molecule has 0 bridgehead atoms. The monoisotopic (exact) mass is 302 g/mol. The van der Waals surface area contributed by atoms with E-state index in [4.69, 9.17) is 9.84 Å². The van der Waals surface area contributed by atoms with Gasteiger partial charge >= 0.3 is 11.9 Å². The number of hydrogen-bond donors (Lipinski definition) is 1. The van der Waals surface area contributed by atoms with Gasteiger partial charge in [0, 0.05) is 0 Å². The molecule has 124 valence electrons. The number of ether oxygens (including phenoxy) is 2. The summed E-state index contributed by atoms with van der Waals surface area (Å²) >= 11 is 0. The van der Waals surface area contributed by atoms with E-state index in [-0.39, 0.29) is 12.7 Å². The lowest BCUT2D eigenvalue weighted by Crippen LogP contribution is -2.21. The minimum atomic E-state index is -1.09. The third-order valence-electron chi connectivity index (χ3n) is 3.24. The van der Waals surface area contributed by atoms with Crippen molar-refractivity contribution in [3.63, 3.8) is 0 Å². The van der Waals surface area contributed by atoms with Crippen LogP contribution in [0, 0.1) is 0 Å². The van der Waals surface area contributed by atoms with Gasteiger partial charge in [-0.2, -0.15) is 0 Å². The predicted octanol–water partition coefficient (Wildman–Crippen LogP) is 3.55. The van der Waals surface area contributed by atoms with Gasteiger partial charge in [-0.15, -0.1) is 0 Å². The number of carboxylic acid groups (broad SMARTS) is 1. The molecule has 1 unspecified atom stereocenters. The van der Waals surface area contributed by atoms with Crippen LogP contribution in [0.15, 0.2) is 0 Å². The summed E-state index contributed by atoms with van der Waals surface area (Å²) in [6.45, 7) is 3.31. The first-order valence-corrected chi connectivity index (χ1v) is 8.05. The Kier molecular flexibility index (Phi) is 13.1. The number of rotatable bonds is 14. The van der Waals surface area contributed by atoms with Gasteiger partial charge in [0.05, 0.1) is 6.10 Å². The highest BCUT2D eigenvalue weighted by Gasteiger charge is 2.10. The third kappa shape index (κ3) is 15.1. The molecule has 0 saturated carbocycles. The Bertz CT molecular complexity index is 278. The van der Waals surface area contributed by atoms with Gasteiger partial charge in [-0.05, 0) is 19.8 Å². The molecule has 1 N–H and O–H groups in total. The van der Waals surface area contributed by atoms with E-state index in [9.17, 15) is 9.59 Å². The van der Waals surface area contributed by atoms with Crippen LogP contribution in [0.4, 0.5) is 0 Å². The van der Waals surface area contributed by atoms with Crippen LogP contribution in [0.2, 0.25) is 0 Å². The number of hydrogen-bond acceptors (Lipinski definition) is 4. The maximum absolute atomic E-state index is 11.3. The molecule has 0 aromatic rings. The molecular formula is C16H30O5. The first-order valence-electron chi connectivity index (χ1n) is 8.05. The molecule has 5 nitrogen and oxygen atoms in total. The van der Waals surface area contributed by atoms with Crippen LogP contribution in [-0.4, -0.2) is 36.4 Å². The standard InChI is InChI=1S/C16H30O5/c1-3-4-5-6-7-8-9-10-11-14(2)21-16(19)13-20-12-15(17)18/h14H,3-13H2,1-2H3,(H,17,18). The van der Waals surface area contributed by atoms with E-state index in [0.717, 1.165) is 12.8 Å². The number of aliphatic carboxylic acids is 1. The molecule has 0 radical (unpaired) electrons. The summed E-state index contributed by atoms with van der Waals surface area (Å²) in [5, 5.41) is 8.37. The molecule has 0 amide bonds. The fourth-order valence-corrected chi connectivity index (χ4v) is 2.10. The molecule has 0 aromatic carbocycles. The fraction of sp³-hybridized carbons (Fsp3) is 0.875. The van der Waals surface area contributed by atoms with Gasteiger partial charge in [0.2, 0.25) is 0 Å². The third-order valence-corrected chi connectivity index (χ3v) is 3.24. The van der Waals surface area contributed by atoms with Crippen molar-refractivity contribution in [2.75, 3.05) is 13.2 Å². The second-order valence-electron chi connectivity index (χ2n) is 5.45. The molecule has 0 aromatic heterocycles. The maximum atomic E-state index is 11.3. The molecule has 0 aliphatic rings. The van der Waals surface area contributed by atoms with E-state index < -0.39 is 18.5 Å². The quantitative estimate of drug-likeness (QED) is 0.392. The zero-order valence-corrected chi connectivity index (χ0v) is 13.4. The van der Waals surface area contributed by atoms with Crippen molar-refractivity contribution in [3.05, 3.63) is 0 Å². The van der Waals surface area contributed by atoms with Crippen molar-refractivity contribution >= 4 is 11.9 Å². The Morgan fingerprint density at radius 3 is 2.10 bits per heavy atom. The highest BCUT2D eigenvalue weighted by Crippen LogP contribution is 2.11. The van der Waals surface area contributed by atoms with Crippen LogP contribution in [0.5, 0.6) is 0 Å². The average molecular weight is 302 g/mol. The van der Waals surface area contributed by atoms with E-state index in [0.29, 0.717) is 0 Å². The lowest BCUT2D eigenvalue weighted by atomic mass is 10.1. The molecule has 0 aliphatic heterocycles. The topological polar surface area (TPSA) is 72.8 Å². The van der Waals surface area contributed by atoms with Crippen LogP contribution < -0.4 is 0 Å². The van der Waals surface area contributed by atoms with E-state index in [1.165, 1.54) is 44.9 Å². The number of carbonyl (C=O) groups is 2. The van der Waals surface area contributed by atoms with Gasteiger partial charge < -0.3 is 14.6 Å². The minimum Gasteiger partial charge on any atom is -0.480 e. The smallest absolute Gasteiger partial charge is 0.332 e. The second-order valence-corrected chi connectivity index (χ2v) is 5.45. The van der Waals surface area contributed by atoms with Crippen molar-refractivity contribution in [2.45, 2.75) is 77.7 Å². The Labute approximate surface area is 128 Å². The van der Waals surface area contributed by atoms with E-state index in [1.54, 1.807) is 0 Å². The van der Waals surface area contributed by atoms with Crippen molar-refractivity contribution in [1.29, 1.82) is 0 Å². The van der Waals surface area contributed by atoms with Crippen LogP contribution >= 0.6 is 0 Å². The average Bonchev–Trinajstić information content (AvgIpc) is 2.41. The molecule has 0 heterocycles. The minimum absolute atomic E-state index is 0.133. The number of esters is 1. The normalized spacial score (nSPS) is 12.1. The second kappa shape index (κ2) is 13.9. The summed E-state index contributed by atoms with van der Waals surface area (Å²) < 4.78 is 9.81. The van der Waals surface area contributed by atoms with Gasteiger partial charge in [-0.25, -0.2) is 9.59 Å². The number of carbonyl (C=O) groups excluding carboxylic acids is 1. The molecule has 0 rings (SSSR count). The highest BCUT2D eigenvalue weighted by atomic mass is 16.6. The van der Waals surface area contributed by atoms with Crippen LogP contribution in [-0.2, 0) is 19.1 Å². The van der Waals surface area contributed by atoms with Gasteiger partial charge in [0.25, 0.3) is 0 Å². The van der Waals surface area contributed by atoms with E-state index in [2.05, 4.69) is 11.7 Å². The summed E-state index contributed by atoms with van der Waals surface area (Å²) in [6, 6.07) is 0. The fourth-order valence-electron chi connectivity index (χ4n) is 2.10. The van der Waals surface area contributed by atoms with Crippen molar-refractivity contribution in [1.82, 2.24) is 0 Å². The van der Waals surface area contributed by atoms with E-state index in [1.807, 2.05) is 6.92 Å². The zero-order valence-electron chi connectivity index (χ0n) is 13.4. The molecule has 5 heteroatoms. The maximum Gasteiger partial charge on any atom is 0.332 e. The SMILES string of the molecule is CCCCCCCCCCC(C)OC(=O)COCC(=O)O. The van der Waals surface area contributed by atoms with Gasteiger partial charge in [0.1, 0.15) is 13.2 Å². The van der Waals surface area contributed by atoms with Crippen LogP contribution in [0.25, 0.3) is 0 Å². The van der Waals surface area contributed by atoms with Crippen LogP contribution in [0.3, 0.4) is 0 Å². The molecular weight excluding hydrogens is 272 g/mol. The summed E-state index contributed by atoms with van der Waals surface area (Å²) in [4.78, 5) is 21.5. The molecule has 21 heavy (non-hydrogen) atoms. The Morgan fingerprint density at radius 2 is 1.52 bits per heavy atom. The lowest BCUT2D eigenvalue weighted by Gasteiger charge is -2.13. The molecule has 0 aliphatic carbocycles. The largest absolute Gasteiger partial charge is 0.480 e.